The first-order valence-electron chi connectivity index (χ1n) is 8.32. The van der Waals surface area contributed by atoms with Crippen molar-refractivity contribution in [2.45, 2.75) is 38.6 Å². The first kappa shape index (κ1) is 17.0. The second kappa shape index (κ2) is 7.34. The summed E-state index contributed by atoms with van der Waals surface area (Å²) in [6, 6.07) is 14.4. The van der Waals surface area contributed by atoms with Gasteiger partial charge in [0.2, 0.25) is 0 Å². The van der Waals surface area contributed by atoms with Crippen molar-refractivity contribution in [3.63, 3.8) is 0 Å². The van der Waals surface area contributed by atoms with E-state index in [1.807, 2.05) is 30.3 Å². The molecule has 0 unspecified atom stereocenters. The molecular formula is C20H24O4. The third kappa shape index (κ3) is 3.78. The van der Waals surface area contributed by atoms with E-state index in [4.69, 9.17) is 9.47 Å². The Balaban J connectivity index is 1.70. The minimum absolute atomic E-state index is 0.153. The van der Waals surface area contributed by atoms with Gasteiger partial charge in [0.05, 0.1) is 18.8 Å². The van der Waals surface area contributed by atoms with E-state index in [0.29, 0.717) is 13.0 Å². The van der Waals surface area contributed by atoms with Gasteiger partial charge in [-0.1, -0.05) is 30.3 Å². The molecule has 2 aromatic rings. The van der Waals surface area contributed by atoms with Crippen LogP contribution in [0.4, 0.5) is 0 Å². The van der Waals surface area contributed by atoms with Gasteiger partial charge in [-0.25, -0.2) is 0 Å². The van der Waals surface area contributed by atoms with Crippen LogP contribution in [0.2, 0.25) is 0 Å². The highest BCUT2D eigenvalue weighted by Crippen LogP contribution is 2.31. The summed E-state index contributed by atoms with van der Waals surface area (Å²) in [6.07, 6.45) is -1.34. The summed E-state index contributed by atoms with van der Waals surface area (Å²) >= 11 is 0. The molecule has 1 saturated heterocycles. The molecule has 2 N–H and O–H groups in total. The summed E-state index contributed by atoms with van der Waals surface area (Å²) in [4.78, 5) is 0. The van der Waals surface area contributed by atoms with Crippen LogP contribution in [0.1, 0.15) is 17.5 Å². The lowest BCUT2D eigenvalue weighted by Crippen LogP contribution is -2.43. The Morgan fingerprint density at radius 2 is 1.71 bits per heavy atom. The molecule has 2 aromatic carbocycles. The van der Waals surface area contributed by atoms with Crippen molar-refractivity contribution in [1.82, 2.24) is 0 Å². The van der Waals surface area contributed by atoms with Gasteiger partial charge in [-0.3, -0.25) is 0 Å². The average Bonchev–Trinajstić information content (AvgIpc) is 2.56. The van der Waals surface area contributed by atoms with Crippen molar-refractivity contribution in [2.75, 3.05) is 13.2 Å². The van der Waals surface area contributed by atoms with E-state index >= 15 is 0 Å². The van der Waals surface area contributed by atoms with Crippen LogP contribution in [0.25, 0.3) is 11.1 Å². The highest BCUT2D eigenvalue weighted by Gasteiger charge is 2.28. The van der Waals surface area contributed by atoms with Gasteiger partial charge in [-0.15, -0.1) is 0 Å². The monoisotopic (exact) mass is 328 g/mol. The van der Waals surface area contributed by atoms with Crippen molar-refractivity contribution < 1.29 is 19.7 Å². The largest absolute Gasteiger partial charge is 0.491 e. The van der Waals surface area contributed by atoms with Crippen LogP contribution in [0, 0.1) is 13.8 Å². The van der Waals surface area contributed by atoms with Gasteiger partial charge in [-0.2, -0.15) is 0 Å². The summed E-state index contributed by atoms with van der Waals surface area (Å²) in [6.45, 7) is 4.69. The Morgan fingerprint density at radius 1 is 1.04 bits per heavy atom. The molecule has 0 saturated carbocycles. The lowest BCUT2D eigenvalue weighted by atomic mass is 9.95. The Bertz CT molecular complexity index is 660. The zero-order chi connectivity index (χ0) is 17.1. The molecule has 0 radical (unpaired) electrons. The molecule has 0 amide bonds. The smallest absolute Gasteiger partial charge is 0.120 e. The van der Waals surface area contributed by atoms with Crippen molar-refractivity contribution >= 4 is 0 Å². The SMILES string of the molecule is Cc1cc(OC[C@@H]2C[C@H](O)[C@H](O)CO2)cc(C)c1-c1ccccc1. The zero-order valence-electron chi connectivity index (χ0n) is 14.1. The molecule has 1 fully saturated rings. The molecule has 0 spiro atoms. The van der Waals surface area contributed by atoms with Gasteiger partial charge in [0.25, 0.3) is 0 Å². The predicted octanol–water partition coefficient (Wildman–Crippen LogP) is 2.86. The van der Waals surface area contributed by atoms with Crippen molar-refractivity contribution in [2.24, 2.45) is 0 Å². The van der Waals surface area contributed by atoms with E-state index in [1.54, 1.807) is 0 Å². The molecular weight excluding hydrogens is 304 g/mol. The van der Waals surface area contributed by atoms with Crippen LogP contribution >= 0.6 is 0 Å². The summed E-state index contributed by atoms with van der Waals surface area (Å²) in [7, 11) is 0. The summed E-state index contributed by atoms with van der Waals surface area (Å²) in [5, 5.41) is 19.2. The van der Waals surface area contributed by atoms with Gasteiger partial charge in [0.15, 0.2) is 0 Å². The minimum atomic E-state index is -0.795. The van der Waals surface area contributed by atoms with Crippen LogP contribution in [-0.4, -0.2) is 41.7 Å². The lowest BCUT2D eigenvalue weighted by Gasteiger charge is -2.30. The minimum Gasteiger partial charge on any atom is -0.491 e. The van der Waals surface area contributed by atoms with E-state index in [1.165, 1.54) is 11.1 Å². The maximum Gasteiger partial charge on any atom is 0.120 e. The number of hydrogen-bond acceptors (Lipinski definition) is 4. The first-order valence-corrected chi connectivity index (χ1v) is 8.32. The molecule has 24 heavy (non-hydrogen) atoms. The summed E-state index contributed by atoms with van der Waals surface area (Å²) < 4.78 is 11.4. The fourth-order valence-corrected chi connectivity index (χ4v) is 3.21. The van der Waals surface area contributed by atoms with E-state index in [0.717, 1.165) is 16.9 Å². The number of rotatable bonds is 4. The topological polar surface area (TPSA) is 58.9 Å². The molecule has 4 nitrogen and oxygen atoms in total. The molecule has 3 rings (SSSR count). The standard InChI is InChI=1S/C20H24O4/c1-13-8-16(23-11-17-10-18(21)19(22)12-24-17)9-14(2)20(13)15-6-4-3-5-7-15/h3-9,17-19,21-22H,10-12H2,1-2H3/t17-,18-,19+/m0/s1. The number of aliphatic hydroxyl groups excluding tert-OH is 2. The van der Waals surface area contributed by atoms with Gasteiger partial charge in [-0.05, 0) is 48.2 Å². The number of hydrogen-bond donors (Lipinski definition) is 2. The molecule has 0 bridgehead atoms. The molecule has 1 aliphatic heterocycles. The molecule has 4 heteroatoms. The van der Waals surface area contributed by atoms with Gasteiger partial charge in [0, 0.05) is 6.42 Å². The predicted molar refractivity (Wildman–Crippen MR) is 93.2 cm³/mol. The molecule has 128 valence electrons. The normalized spacial score (nSPS) is 23.9. The second-order valence-electron chi connectivity index (χ2n) is 6.43. The highest BCUT2D eigenvalue weighted by atomic mass is 16.5. The molecule has 1 aliphatic rings. The van der Waals surface area contributed by atoms with Crippen molar-refractivity contribution in [1.29, 1.82) is 0 Å². The zero-order valence-corrected chi connectivity index (χ0v) is 14.1. The Morgan fingerprint density at radius 3 is 2.33 bits per heavy atom. The van der Waals surface area contributed by atoms with Crippen LogP contribution in [-0.2, 0) is 4.74 Å². The van der Waals surface area contributed by atoms with Crippen LogP contribution < -0.4 is 4.74 Å². The Labute approximate surface area is 142 Å². The number of aryl methyl sites for hydroxylation is 2. The van der Waals surface area contributed by atoms with E-state index in [9.17, 15) is 10.2 Å². The quantitative estimate of drug-likeness (QED) is 0.906. The van der Waals surface area contributed by atoms with Gasteiger partial charge in [0.1, 0.15) is 18.5 Å². The molecule has 0 aromatic heterocycles. The number of ether oxygens (including phenoxy) is 2. The fraction of sp³-hybridized carbons (Fsp3) is 0.400. The molecule has 0 aliphatic carbocycles. The third-order valence-corrected chi connectivity index (χ3v) is 4.46. The summed E-state index contributed by atoms with van der Waals surface area (Å²) in [5.74, 6) is 0.800. The maximum absolute atomic E-state index is 9.71. The fourth-order valence-electron chi connectivity index (χ4n) is 3.21. The second-order valence-corrected chi connectivity index (χ2v) is 6.43. The molecule has 3 atom stereocenters. The Hall–Kier alpha value is -1.88. The average molecular weight is 328 g/mol. The number of benzene rings is 2. The lowest BCUT2D eigenvalue weighted by molar-refractivity contribution is -0.129. The number of aliphatic hydroxyl groups is 2. The van der Waals surface area contributed by atoms with Crippen molar-refractivity contribution in [3.8, 4) is 16.9 Å². The van der Waals surface area contributed by atoms with Crippen molar-refractivity contribution in [3.05, 3.63) is 53.6 Å². The summed E-state index contributed by atoms with van der Waals surface area (Å²) in [5.41, 5.74) is 4.76. The van der Waals surface area contributed by atoms with E-state index < -0.39 is 12.2 Å². The van der Waals surface area contributed by atoms with Crippen LogP contribution in [0.3, 0.4) is 0 Å². The first-order chi connectivity index (χ1) is 11.5. The third-order valence-electron chi connectivity index (χ3n) is 4.46. The van der Waals surface area contributed by atoms with Gasteiger partial charge >= 0.3 is 0 Å². The van der Waals surface area contributed by atoms with E-state index in [2.05, 4.69) is 26.0 Å². The maximum atomic E-state index is 9.71. The van der Waals surface area contributed by atoms with Crippen LogP contribution in [0.15, 0.2) is 42.5 Å². The molecule has 1 heterocycles. The highest BCUT2D eigenvalue weighted by molar-refractivity contribution is 5.71. The van der Waals surface area contributed by atoms with Gasteiger partial charge < -0.3 is 19.7 Å². The van der Waals surface area contributed by atoms with E-state index in [-0.39, 0.29) is 12.7 Å². The van der Waals surface area contributed by atoms with Crippen LogP contribution in [0.5, 0.6) is 5.75 Å². The Kier molecular flexibility index (Phi) is 5.19.